The van der Waals surface area contributed by atoms with E-state index in [1.54, 1.807) is 7.11 Å². The molecule has 0 bridgehead atoms. The molecule has 2 aliphatic carbocycles. The summed E-state index contributed by atoms with van der Waals surface area (Å²) in [5, 5.41) is 4.40. The van der Waals surface area contributed by atoms with Crippen LogP contribution in [0.1, 0.15) is 37.7 Å². The number of nitrogens with one attached hydrogen (secondary N) is 1. The van der Waals surface area contributed by atoms with Crippen LogP contribution in [-0.2, 0) is 10.2 Å². The Morgan fingerprint density at radius 3 is 2.45 bits per heavy atom. The largest absolute Gasteiger partial charge is 0.383 e. The Hall–Kier alpha value is -0.570. The number of hydrogen-bond acceptors (Lipinski definition) is 2. The van der Waals surface area contributed by atoms with Crippen LogP contribution in [0.2, 0.25) is 5.02 Å². The molecule has 110 valence electrons. The lowest BCUT2D eigenvalue weighted by Gasteiger charge is -2.61. The van der Waals surface area contributed by atoms with Crippen LogP contribution in [0.15, 0.2) is 24.3 Å². The van der Waals surface area contributed by atoms with Crippen LogP contribution in [0.25, 0.3) is 0 Å². The fourth-order valence-electron chi connectivity index (χ4n) is 4.15. The first-order chi connectivity index (χ1) is 9.68. The predicted octanol–water partition coefficient (Wildman–Crippen LogP) is 3.78. The maximum atomic E-state index is 6.03. The second-order valence-corrected chi connectivity index (χ2v) is 7.10. The molecule has 0 unspecified atom stereocenters. The highest BCUT2D eigenvalue weighted by Gasteiger charge is 2.57. The zero-order valence-electron chi connectivity index (χ0n) is 12.3. The molecule has 20 heavy (non-hydrogen) atoms. The van der Waals surface area contributed by atoms with Gasteiger partial charge in [-0.05, 0) is 48.8 Å². The van der Waals surface area contributed by atoms with Gasteiger partial charge in [-0.25, -0.2) is 0 Å². The number of methoxy groups -OCH3 is 1. The van der Waals surface area contributed by atoms with E-state index < -0.39 is 0 Å². The van der Waals surface area contributed by atoms with Crippen LogP contribution >= 0.6 is 11.6 Å². The Morgan fingerprint density at radius 2 is 1.90 bits per heavy atom. The molecule has 2 fully saturated rings. The van der Waals surface area contributed by atoms with Gasteiger partial charge in [-0.2, -0.15) is 0 Å². The van der Waals surface area contributed by atoms with Gasteiger partial charge in [-0.1, -0.05) is 30.2 Å². The minimum atomic E-state index is 0.318. The van der Waals surface area contributed by atoms with Crippen molar-refractivity contribution in [3.05, 3.63) is 34.9 Å². The van der Waals surface area contributed by atoms with Crippen LogP contribution in [0, 0.1) is 5.41 Å². The van der Waals surface area contributed by atoms with E-state index in [2.05, 4.69) is 17.4 Å². The van der Waals surface area contributed by atoms with E-state index in [1.807, 2.05) is 12.1 Å². The third kappa shape index (κ3) is 2.61. The zero-order valence-corrected chi connectivity index (χ0v) is 13.0. The number of hydrogen-bond donors (Lipinski definition) is 1. The molecule has 1 aromatic rings. The van der Waals surface area contributed by atoms with Crippen LogP contribution in [0.4, 0.5) is 0 Å². The Kier molecular flexibility index (Phi) is 4.07. The SMILES string of the molecule is COCCNCC1(c2ccc(Cl)cc2)CC2(CCC2)C1. The molecule has 1 N–H and O–H groups in total. The summed E-state index contributed by atoms with van der Waals surface area (Å²) in [6, 6.07) is 8.48. The van der Waals surface area contributed by atoms with Gasteiger partial charge < -0.3 is 10.1 Å². The minimum Gasteiger partial charge on any atom is -0.383 e. The topological polar surface area (TPSA) is 21.3 Å². The fourth-order valence-corrected chi connectivity index (χ4v) is 4.28. The summed E-state index contributed by atoms with van der Waals surface area (Å²) in [5.41, 5.74) is 2.44. The summed E-state index contributed by atoms with van der Waals surface area (Å²) in [5.74, 6) is 0. The third-order valence-electron chi connectivity index (χ3n) is 5.24. The monoisotopic (exact) mass is 293 g/mol. The quantitative estimate of drug-likeness (QED) is 0.806. The molecule has 0 radical (unpaired) electrons. The number of halogens is 1. The molecular weight excluding hydrogens is 270 g/mol. The van der Waals surface area contributed by atoms with E-state index in [1.165, 1.54) is 37.7 Å². The predicted molar refractivity (Wildman–Crippen MR) is 83.4 cm³/mol. The van der Waals surface area contributed by atoms with Crippen molar-refractivity contribution in [2.75, 3.05) is 26.8 Å². The number of benzene rings is 1. The van der Waals surface area contributed by atoms with Gasteiger partial charge in [0, 0.05) is 30.6 Å². The van der Waals surface area contributed by atoms with Gasteiger partial charge in [0.05, 0.1) is 6.61 Å². The normalized spacial score (nSPS) is 22.3. The van der Waals surface area contributed by atoms with Crippen molar-refractivity contribution in [3.63, 3.8) is 0 Å². The van der Waals surface area contributed by atoms with Crippen molar-refractivity contribution in [2.45, 2.75) is 37.5 Å². The van der Waals surface area contributed by atoms with Crippen molar-refractivity contribution in [3.8, 4) is 0 Å². The van der Waals surface area contributed by atoms with E-state index in [9.17, 15) is 0 Å². The zero-order chi connectivity index (χ0) is 14.1. The molecule has 2 nitrogen and oxygen atoms in total. The Balaban J connectivity index is 1.69. The summed E-state index contributed by atoms with van der Waals surface area (Å²) in [4.78, 5) is 0. The summed E-state index contributed by atoms with van der Waals surface area (Å²) in [7, 11) is 1.75. The third-order valence-corrected chi connectivity index (χ3v) is 5.50. The van der Waals surface area contributed by atoms with Crippen molar-refractivity contribution in [2.24, 2.45) is 5.41 Å². The molecule has 0 atom stereocenters. The smallest absolute Gasteiger partial charge is 0.0587 e. The van der Waals surface area contributed by atoms with Gasteiger partial charge in [0.2, 0.25) is 0 Å². The van der Waals surface area contributed by atoms with Crippen LogP contribution < -0.4 is 5.32 Å². The van der Waals surface area contributed by atoms with Gasteiger partial charge in [-0.15, -0.1) is 0 Å². The second kappa shape index (κ2) is 5.67. The lowest BCUT2D eigenvalue weighted by Crippen LogP contribution is -2.57. The molecule has 0 aromatic heterocycles. The van der Waals surface area contributed by atoms with Crippen LogP contribution in [0.3, 0.4) is 0 Å². The van der Waals surface area contributed by atoms with Crippen LogP contribution in [-0.4, -0.2) is 26.8 Å². The van der Waals surface area contributed by atoms with Crippen molar-refractivity contribution < 1.29 is 4.74 Å². The molecule has 0 amide bonds. The lowest BCUT2D eigenvalue weighted by atomic mass is 9.43. The molecule has 3 rings (SSSR count). The summed E-state index contributed by atoms with van der Waals surface area (Å²) >= 11 is 6.03. The molecule has 0 aliphatic heterocycles. The van der Waals surface area contributed by atoms with Gasteiger partial charge in [0.1, 0.15) is 0 Å². The highest BCUT2D eigenvalue weighted by atomic mass is 35.5. The molecule has 1 spiro atoms. The molecule has 0 heterocycles. The van der Waals surface area contributed by atoms with Crippen LogP contribution in [0.5, 0.6) is 0 Å². The van der Waals surface area contributed by atoms with Gasteiger partial charge >= 0.3 is 0 Å². The summed E-state index contributed by atoms with van der Waals surface area (Å²) < 4.78 is 5.12. The minimum absolute atomic E-state index is 0.318. The first-order valence-electron chi connectivity index (χ1n) is 7.64. The Labute approximate surface area is 126 Å². The molecule has 1 aromatic carbocycles. The molecule has 2 aliphatic rings. The highest BCUT2D eigenvalue weighted by molar-refractivity contribution is 6.30. The fraction of sp³-hybridized carbons (Fsp3) is 0.647. The molecule has 3 heteroatoms. The number of rotatable bonds is 6. The van der Waals surface area contributed by atoms with Crippen molar-refractivity contribution in [1.29, 1.82) is 0 Å². The molecular formula is C17H24ClNO. The van der Waals surface area contributed by atoms with Gasteiger partial charge in [-0.3, -0.25) is 0 Å². The van der Waals surface area contributed by atoms with Crippen molar-refractivity contribution in [1.82, 2.24) is 5.32 Å². The van der Waals surface area contributed by atoms with E-state index in [0.717, 1.165) is 24.7 Å². The first kappa shape index (κ1) is 14.4. The average molecular weight is 294 g/mol. The van der Waals surface area contributed by atoms with E-state index in [4.69, 9.17) is 16.3 Å². The summed E-state index contributed by atoms with van der Waals surface area (Å²) in [6.45, 7) is 2.76. The molecule has 2 saturated carbocycles. The van der Waals surface area contributed by atoms with E-state index in [-0.39, 0.29) is 0 Å². The van der Waals surface area contributed by atoms with E-state index in [0.29, 0.717) is 10.8 Å². The Bertz CT molecular complexity index is 445. The first-order valence-corrected chi connectivity index (χ1v) is 8.02. The van der Waals surface area contributed by atoms with Gasteiger partial charge in [0.15, 0.2) is 0 Å². The maximum absolute atomic E-state index is 6.03. The highest BCUT2D eigenvalue weighted by Crippen LogP contribution is 2.64. The van der Waals surface area contributed by atoms with E-state index >= 15 is 0 Å². The van der Waals surface area contributed by atoms with Gasteiger partial charge in [0.25, 0.3) is 0 Å². The second-order valence-electron chi connectivity index (χ2n) is 6.66. The lowest BCUT2D eigenvalue weighted by molar-refractivity contribution is -0.0485. The summed E-state index contributed by atoms with van der Waals surface area (Å²) in [6.07, 6.45) is 6.96. The standard InChI is InChI=1S/C17H24ClNO/c1-20-10-9-19-13-17(11-16(12-17)7-2-8-16)14-3-5-15(18)6-4-14/h3-6,19H,2,7-13H2,1H3. The van der Waals surface area contributed by atoms with Crippen molar-refractivity contribution >= 4 is 11.6 Å². The molecule has 0 saturated heterocycles. The Morgan fingerprint density at radius 1 is 1.20 bits per heavy atom. The number of ether oxygens (including phenoxy) is 1. The maximum Gasteiger partial charge on any atom is 0.0587 e. The average Bonchev–Trinajstić information content (AvgIpc) is 2.36.